The van der Waals surface area contributed by atoms with Crippen molar-refractivity contribution in [2.24, 2.45) is 0 Å². The number of carbonyl (C=O) groups is 1. The molecular weight excluding hydrogens is 387 g/mol. The Kier molecular flexibility index (Phi) is 5.32. The fourth-order valence-electron chi connectivity index (χ4n) is 3.03. The minimum absolute atomic E-state index is 0.113. The summed E-state index contributed by atoms with van der Waals surface area (Å²) in [7, 11) is 0. The zero-order chi connectivity index (χ0) is 21.3. The van der Waals surface area contributed by atoms with Gasteiger partial charge in [-0.15, -0.1) is 0 Å². The van der Waals surface area contributed by atoms with Gasteiger partial charge in [0.15, 0.2) is 0 Å². The summed E-state index contributed by atoms with van der Waals surface area (Å²) in [6.07, 6.45) is -4.63. The van der Waals surface area contributed by atoms with E-state index in [2.05, 4.69) is 5.32 Å². The van der Waals surface area contributed by atoms with E-state index in [4.69, 9.17) is 0 Å². The number of hydrogen-bond donors (Lipinski definition) is 1. The highest BCUT2D eigenvalue weighted by Crippen LogP contribution is 2.30. The lowest BCUT2D eigenvalue weighted by molar-refractivity contribution is -0.137. The highest BCUT2D eigenvalue weighted by Gasteiger charge is 2.31. The van der Waals surface area contributed by atoms with Crippen molar-refractivity contribution in [2.75, 3.05) is 0 Å². The second-order valence-electron chi connectivity index (χ2n) is 6.80. The quantitative estimate of drug-likeness (QED) is 0.726. The topological polar surface area (TPSA) is 73.1 Å². The van der Waals surface area contributed by atoms with Crippen LogP contribution in [0.3, 0.4) is 0 Å². The molecule has 0 bridgehead atoms. The highest BCUT2D eigenvalue weighted by atomic mass is 19.4. The minimum atomic E-state index is -4.63. The highest BCUT2D eigenvalue weighted by molar-refractivity contribution is 5.82. The van der Waals surface area contributed by atoms with Gasteiger partial charge in [-0.1, -0.05) is 18.2 Å². The van der Waals surface area contributed by atoms with Gasteiger partial charge in [0.2, 0.25) is 5.91 Å². The van der Waals surface area contributed by atoms with E-state index in [1.165, 1.54) is 18.2 Å². The number of hydrogen-bond acceptors (Lipinski definition) is 3. The number of halogens is 3. The Labute approximate surface area is 163 Å². The first-order valence-corrected chi connectivity index (χ1v) is 8.81. The molecule has 9 heteroatoms. The summed E-state index contributed by atoms with van der Waals surface area (Å²) in [5, 5.41) is 2.76. The summed E-state index contributed by atoms with van der Waals surface area (Å²) in [5.41, 5.74) is -2.64. The molecule has 6 nitrogen and oxygen atoms in total. The molecular formula is C20H18F3N3O3. The summed E-state index contributed by atoms with van der Waals surface area (Å²) in [6.45, 7) is 3.13. The van der Waals surface area contributed by atoms with Crippen molar-refractivity contribution in [2.45, 2.75) is 32.6 Å². The Morgan fingerprint density at radius 1 is 1.07 bits per heavy atom. The van der Waals surface area contributed by atoms with E-state index in [1.807, 2.05) is 0 Å². The molecule has 0 saturated heterocycles. The molecule has 0 radical (unpaired) electrons. The number of para-hydroxylation sites is 1. The Hall–Kier alpha value is -3.36. The Bertz CT molecular complexity index is 1190. The van der Waals surface area contributed by atoms with E-state index in [0.29, 0.717) is 4.57 Å². The van der Waals surface area contributed by atoms with Crippen LogP contribution < -0.4 is 16.6 Å². The second-order valence-corrected chi connectivity index (χ2v) is 6.80. The van der Waals surface area contributed by atoms with Gasteiger partial charge >= 0.3 is 11.9 Å². The molecule has 0 spiro atoms. The monoisotopic (exact) mass is 405 g/mol. The average molecular weight is 405 g/mol. The number of rotatable bonds is 4. The number of amides is 1. The number of carbonyl (C=O) groups excluding carboxylic acids is 1. The van der Waals surface area contributed by atoms with Crippen LogP contribution in [0.25, 0.3) is 16.6 Å². The van der Waals surface area contributed by atoms with Crippen LogP contribution in [0.4, 0.5) is 13.2 Å². The average Bonchev–Trinajstić information content (AvgIpc) is 2.64. The fraction of sp³-hybridized carbons (Fsp3) is 0.250. The Morgan fingerprint density at radius 3 is 2.41 bits per heavy atom. The van der Waals surface area contributed by atoms with Crippen molar-refractivity contribution < 1.29 is 18.0 Å². The first-order valence-electron chi connectivity index (χ1n) is 8.81. The largest absolute Gasteiger partial charge is 0.416 e. The normalized spacial score (nSPS) is 11.8. The fourth-order valence-corrected chi connectivity index (χ4v) is 3.03. The summed E-state index contributed by atoms with van der Waals surface area (Å²) in [6, 6.07) is 9.92. The second kappa shape index (κ2) is 7.57. The number of nitrogens with zero attached hydrogens (tertiary/aromatic N) is 2. The minimum Gasteiger partial charge on any atom is -0.352 e. The summed E-state index contributed by atoms with van der Waals surface area (Å²) >= 11 is 0. The number of alkyl halides is 3. The lowest BCUT2D eigenvalue weighted by Crippen LogP contribution is -2.42. The van der Waals surface area contributed by atoms with Crippen LogP contribution in [0.1, 0.15) is 19.4 Å². The first-order chi connectivity index (χ1) is 13.6. The number of fused-ring (bicyclic) bond motifs is 1. The lowest BCUT2D eigenvalue weighted by Gasteiger charge is -2.16. The maximum Gasteiger partial charge on any atom is 0.416 e. The van der Waals surface area contributed by atoms with Gasteiger partial charge < -0.3 is 5.32 Å². The van der Waals surface area contributed by atoms with Gasteiger partial charge in [0, 0.05) is 6.04 Å². The molecule has 3 rings (SSSR count). The third-order valence-electron chi connectivity index (χ3n) is 4.23. The Morgan fingerprint density at radius 2 is 1.76 bits per heavy atom. The summed E-state index contributed by atoms with van der Waals surface area (Å²) < 4.78 is 41.0. The molecule has 0 saturated carbocycles. The van der Waals surface area contributed by atoms with Gasteiger partial charge in [0.25, 0.3) is 5.56 Å². The molecule has 3 aromatic rings. The molecule has 29 heavy (non-hydrogen) atoms. The van der Waals surface area contributed by atoms with Crippen LogP contribution in [0.5, 0.6) is 0 Å². The van der Waals surface area contributed by atoms with Crippen molar-refractivity contribution in [3.63, 3.8) is 0 Å². The van der Waals surface area contributed by atoms with E-state index < -0.39 is 28.9 Å². The molecule has 152 valence electrons. The molecule has 2 aromatic carbocycles. The lowest BCUT2D eigenvalue weighted by atomic mass is 10.2. The standard InChI is InChI=1S/C20H18F3N3O3/c1-12(2)24-17(27)11-25-16-9-4-3-8-15(16)18(28)26(19(25)29)14-7-5-6-13(10-14)20(21,22)23/h3-10,12H,11H2,1-2H3,(H,24,27). The molecule has 1 aromatic heterocycles. The third-order valence-corrected chi connectivity index (χ3v) is 4.23. The van der Waals surface area contributed by atoms with E-state index in [1.54, 1.807) is 26.0 Å². The van der Waals surface area contributed by atoms with Gasteiger partial charge in [0.1, 0.15) is 6.54 Å². The van der Waals surface area contributed by atoms with Crippen LogP contribution in [0, 0.1) is 0 Å². The summed E-state index contributed by atoms with van der Waals surface area (Å²) in [5.74, 6) is -0.457. The number of benzene rings is 2. The first kappa shape index (κ1) is 20.4. The molecule has 1 amide bonds. The molecule has 0 unspecified atom stereocenters. The molecule has 0 aliphatic heterocycles. The summed E-state index contributed by atoms with van der Waals surface area (Å²) in [4.78, 5) is 38.2. The maximum absolute atomic E-state index is 13.1. The molecule has 0 aliphatic rings. The van der Waals surface area contributed by atoms with Crippen LogP contribution >= 0.6 is 0 Å². The van der Waals surface area contributed by atoms with Gasteiger partial charge in [0.05, 0.1) is 22.2 Å². The van der Waals surface area contributed by atoms with Crippen molar-refractivity contribution >= 4 is 16.8 Å². The van der Waals surface area contributed by atoms with Crippen molar-refractivity contribution in [1.29, 1.82) is 0 Å². The molecule has 1 N–H and O–H groups in total. The van der Waals surface area contributed by atoms with Crippen molar-refractivity contribution in [3.8, 4) is 5.69 Å². The van der Waals surface area contributed by atoms with E-state index >= 15 is 0 Å². The van der Waals surface area contributed by atoms with Crippen molar-refractivity contribution in [3.05, 3.63) is 74.9 Å². The molecule has 0 fully saturated rings. The van der Waals surface area contributed by atoms with Crippen molar-refractivity contribution in [1.82, 2.24) is 14.5 Å². The maximum atomic E-state index is 13.1. The third kappa shape index (κ3) is 4.08. The smallest absolute Gasteiger partial charge is 0.352 e. The van der Waals surface area contributed by atoms with Gasteiger partial charge in [-0.3, -0.25) is 14.2 Å². The van der Waals surface area contributed by atoms with E-state index in [0.717, 1.165) is 22.8 Å². The number of nitrogens with one attached hydrogen (secondary N) is 1. The Balaban J connectivity index is 2.28. The van der Waals surface area contributed by atoms with Crippen LogP contribution in [0.2, 0.25) is 0 Å². The predicted molar refractivity (Wildman–Crippen MR) is 102 cm³/mol. The SMILES string of the molecule is CC(C)NC(=O)Cn1c(=O)n(-c2cccc(C(F)(F)F)c2)c(=O)c2ccccc21. The zero-order valence-corrected chi connectivity index (χ0v) is 15.7. The predicted octanol–water partition coefficient (Wildman–Crippen LogP) is 2.70. The van der Waals surface area contributed by atoms with E-state index in [9.17, 15) is 27.6 Å². The van der Waals surface area contributed by atoms with E-state index in [-0.39, 0.29) is 29.2 Å². The zero-order valence-electron chi connectivity index (χ0n) is 15.7. The molecule has 0 aliphatic carbocycles. The van der Waals surface area contributed by atoms with Crippen LogP contribution in [-0.2, 0) is 17.5 Å². The number of aromatic nitrogens is 2. The molecule has 1 heterocycles. The van der Waals surface area contributed by atoms with Crippen LogP contribution in [0.15, 0.2) is 58.1 Å². The van der Waals surface area contributed by atoms with Gasteiger partial charge in [-0.05, 0) is 44.2 Å². The molecule has 0 atom stereocenters. The van der Waals surface area contributed by atoms with Gasteiger partial charge in [-0.2, -0.15) is 13.2 Å². The van der Waals surface area contributed by atoms with Gasteiger partial charge in [-0.25, -0.2) is 9.36 Å². The van der Waals surface area contributed by atoms with Crippen LogP contribution in [-0.4, -0.2) is 21.1 Å².